The zero-order valence-corrected chi connectivity index (χ0v) is 10.6. The second-order valence-electron chi connectivity index (χ2n) is 3.64. The molecule has 3 N–H and O–H groups in total. The molecule has 0 amide bonds. The number of nitrogens with zero attached hydrogens (tertiary/aromatic N) is 3. The molecule has 1 aliphatic heterocycles. The van der Waals surface area contributed by atoms with Crippen molar-refractivity contribution >= 4 is 27.7 Å². The Kier molecular flexibility index (Phi) is 3.57. The Balaban J connectivity index is 2.23. The number of nitrogens with two attached hydrogens (primary N) is 1. The first kappa shape index (κ1) is 11.6. The molecule has 0 aromatic carbocycles. The Morgan fingerprint density at radius 2 is 2.50 bits per heavy atom. The Bertz CT molecular complexity index is 369. The van der Waals surface area contributed by atoms with Gasteiger partial charge in [0, 0.05) is 19.9 Å². The Hall–Kier alpha value is -0.920. The molecule has 1 atom stereocenters. The number of hydrazine groups is 1. The molecule has 6 nitrogen and oxygen atoms in total. The number of hydrogen-bond acceptors (Lipinski definition) is 6. The van der Waals surface area contributed by atoms with Crippen molar-refractivity contribution in [3.05, 3.63) is 10.7 Å². The Morgan fingerprint density at radius 1 is 1.69 bits per heavy atom. The predicted octanol–water partition coefficient (Wildman–Crippen LogP) is 0.750. The fourth-order valence-corrected chi connectivity index (χ4v) is 2.15. The summed E-state index contributed by atoms with van der Waals surface area (Å²) in [7, 11) is 1.99. The van der Waals surface area contributed by atoms with Gasteiger partial charge in [-0.15, -0.1) is 0 Å². The lowest BCUT2D eigenvalue weighted by Gasteiger charge is -2.25. The van der Waals surface area contributed by atoms with Crippen molar-refractivity contribution in [3.8, 4) is 0 Å². The molecule has 1 aromatic heterocycles. The molecule has 88 valence electrons. The van der Waals surface area contributed by atoms with E-state index in [4.69, 9.17) is 10.6 Å². The van der Waals surface area contributed by atoms with Crippen molar-refractivity contribution in [2.45, 2.75) is 12.5 Å². The molecule has 7 heteroatoms. The van der Waals surface area contributed by atoms with Gasteiger partial charge in [0.1, 0.15) is 5.82 Å². The van der Waals surface area contributed by atoms with Crippen molar-refractivity contribution < 1.29 is 4.74 Å². The molecular formula is C9H14BrN5O. The lowest BCUT2D eigenvalue weighted by atomic mass is 10.2. The van der Waals surface area contributed by atoms with E-state index in [9.17, 15) is 0 Å². The average molecular weight is 288 g/mol. The van der Waals surface area contributed by atoms with Gasteiger partial charge >= 0.3 is 0 Å². The van der Waals surface area contributed by atoms with Crippen LogP contribution in [0.15, 0.2) is 10.7 Å². The van der Waals surface area contributed by atoms with Gasteiger partial charge in [0.15, 0.2) is 0 Å². The topological polar surface area (TPSA) is 76.3 Å². The molecule has 0 radical (unpaired) electrons. The maximum absolute atomic E-state index is 5.36. The smallest absolute Gasteiger partial charge is 0.239 e. The van der Waals surface area contributed by atoms with E-state index >= 15 is 0 Å². The number of halogens is 1. The van der Waals surface area contributed by atoms with Crippen LogP contribution in [-0.4, -0.2) is 36.3 Å². The van der Waals surface area contributed by atoms with Crippen LogP contribution in [0.2, 0.25) is 0 Å². The summed E-state index contributed by atoms with van der Waals surface area (Å²) >= 11 is 3.43. The monoisotopic (exact) mass is 287 g/mol. The van der Waals surface area contributed by atoms with Crippen molar-refractivity contribution in [1.29, 1.82) is 0 Å². The van der Waals surface area contributed by atoms with Crippen LogP contribution in [-0.2, 0) is 4.74 Å². The molecule has 2 rings (SSSR count). The van der Waals surface area contributed by atoms with Crippen molar-refractivity contribution in [1.82, 2.24) is 9.97 Å². The molecule has 1 unspecified atom stereocenters. The highest BCUT2D eigenvalue weighted by atomic mass is 79.9. The fourth-order valence-electron chi connectivity index (χ4n) is 1.68. The van der Waals surface area contributed by atoms with E-state index in [-0.39, 0.29) is 0 Å². The number of hydrogen-bond donors (Lipinski definition) is 2. The summed E-state index contributed by atoms with van der Waals surface area (Å²) in [5.74, 6) is 6.51. The van der Waals surface area contributed by atoms with Gasteiger partial charge in [0.2, 0.25) is 5.95 Å². The van der Waals surface area contributed by atoms with Gasteiger partial charge in [-0.25, -0.2) is 10.8 Å². The Labute approximate surface area is 102 Å². The number of nitrogens with one attached hydrogen (secondary N) is 1. The first-order valence-corrected chi connectivity index (χ1v) is 5.81. The zero-order valence-electron chi connectivity index (χ0n) is 8.98. The van der Waals surface area contributed by atoms with E-state index < -0.39 is 0 Å². The number of anilines is 2. The summed E-state index contributed by atoms with van der Waals surface area (Å²) in [4.78, 5) is 10.4. The minimum atomic E-state index is 0.358. The van der Waals surface area contributed by atoms with Crippen molar-refractivity contribution in [2.24, 2.45) is 5.84 Å². The second kappa shape index (κ2) is 4.94. The fraction of sp³-hybridized carbons (Fsp3) is 0.556. The number of nitrogen functional groups attached to an aromatic ring is 1. The molecule has 0 saturated carbocycles. The van der Waals surface area contributed by atoms with Crippen LogP contribution in [0.4, 0.5) is 11.8 Å². The summed E-state index contributed by atoms with van der Waals surface area (Å²) in [6, 6.07) is 0.358. The minimum absolute atomic E-state index is 0.358. The van der Waals surface area contributed by atoms with Crippen LogP contribution >= 0.6 is 15.9 Å². The number of aromatic nitrogens is 2. The highest BCUT2D eigenvalue weighted by Gasteiger charge is 2.23. The first-order valence-electron chi connectivity index (χ1n) is 5.02. The van der Waals surface area contributed by atoms with Gasteiger partial charge in [0.25, 0.3) is 0 Å². The number of likely N-dealkylation sites (N-methyl/N-ethyl adjacent to an activating group) is 1. The van der Waals surface area contributed by atoms with Crippen LogP contribution in [0.25, 0.3) is 0 Å². The summed E-state index contributed by atoms with van der Waals surface area (Å²) < 4.78 is 6.20. The summed E-state index contributed by atoms with van der Waals surface area (Å²) in [6.45, 7) is 1.54. The SMILES string of the molecule is CN(c1nc(NN)ncc1Br)C1CCOC1. The Morgan fingerprint density at radius 3 is 3.12 bits per heavy atom. The molecule has 0 bridgehead atoms. The maximum atomic E-state index is 5.36. The van der Waals surface area contributed by atoms with Gasteiger partial charge in [0.05, 0.1) is 17.1 Å². The van der Waals surface area contributed by atoms with Gasteiger partial charge in [-0.05, 0) is 22.4 Å². The predicted molar refractivity (Wildman–Crippen MR) is 65.2 cm³/mol. The molecule has 2 heterocycles. The van der Waals surface area contributed by atoms with E-state index in [0.29, 0.717) is 12.0 Å². The van der Waals surface area contributed by atoms with Gasteiger partial charge in [-0.3, -0.25) is 5.43 Å². The van der Waals surface area contributed by atoms with Crippen LogP contribution in [0, 0.1) is 0 Å². The van der Waals surface area contributed by atoms with E-state index in [0.717, 1.165) is 29.9 Å². The number of ether oxygens (including phenoxy) is 1. The maximum Gasteiger partial charge on any atom is 0.239 e. The van der Waals surface area contributed by atoms with Crippen LogP contribution in [0.1, 0.15) is 6.42 Å². The molecule has 1 fully saturated rings. The van der Waals surface area contributed by atoms with Crippen molar-refractivity contribution in [3.63, 3.8) is 0 Å². The zero-order chi connectivity index (χ0) is 11.5. The van der Waals surface area contributed by atoms with E-state index in [1.165, 1.54) is 0 Å². The molecule has 16 heavy (non-hydrogen) atoms. The molecule has 1 saturated heterocycles. The third kappa shape index (κ3) is 2.26. The summed E-state index contributed by atoms with van der Waals surface area (Å²) in [5.41, 5.74) is 2.44. The van der Waals surface area contributed by atoms with E-state index in [1.54, 1.807) is 6.20 Å². The molecule has 1 aromatic rings. The quantitative estimate of drug-likeness (QED) is 0.631. The standard InChI is InChI=1S/C9H14BrN5O/c1-15(6-2-3-16-5-6)8-7(10)4-12-9(13-8)14-11/h4,6H,2-3,5,11H2,1H3,(H,12,13,14). The normalized spacial score (nSPS) is 19.8. The largest absolute Gasteiger partial charge is 0.379 e. The molecular weight excluding hydrogens is 274 g/mol. The van der Waals surface area contributed by atoms with Crippen LogP contribution < -0.4 is 16.2 Å². The highest BCUT2D eigenvalue weighted by molar-refractivity contribution is 9.10. The van der Waals surface area contributed by atoms with Gasteiger partial charge in [-0.1, -0.05) is 0 Å². The molecule has 0 spiro atoms. The minimum Gasteiger partial charge on any atom is -0.379 e. The third-order valence-corrected chi connectivity index (χ3v) is 3.20. The van der Waals surface area contributed by atoms with E-state index in [2.05, 4.69) is 36.2 Å². The van der Waals surface area contributed by atoms with Crippen LogP contribution in [0.3, 0.4) is 0 Å². The lowest BCUT2D eigenvalue weighted by molar-refractivity contribution is 0.193. The average Bonchev–Trinajstić information content (AvgIpc) is 2.82. The highest BCUT2D eigenvalue weighted by Crippen LogP contribution is 2.26. The third-order valence-electron chi connectivity index (χ3n) is 2.64. The van der Waals surface area contributed by atoms with Crippen LogP contribution in [0.5, 0.6) is 0 Å². The van der Waals surface area contributed by atoms with Crippen molar-refractivity contribution in [2.75, 3.05) is 30.6 Å². The molecule has 0 aliphatic carbocycles. The number of rotatable bonds is 3. The van der Waals surface area contributed by atoms with Gasteiger partial charge < -0.3 is 9.64 Å². The second-order valence-corrected chi connectivity index (χ2v) is 4.49. The molecule has 1 aliphatic rings. The van der Waals surface area contributed by atoms with E-state index in [1.807, 2.05) is 7.05 Å². The van der Waals surface area contributed by atoms with Gasteiger partial charge in [-0.2, -0.15) is 4.98 Å². The summed E-state index contributed by atoms with van der Waals surface area (Å²) in [6.07, 6.45) is 2.70. The lowest BCUT2D eigenvalue weighted by Crippen LogP contribution is -2.33. The first-order chi connectivity index (χ1) is 7.72. The summed E-state index contributed by atoms with van der Waals surface area (Å²) in [5, 5.41) is 0.